The van der Waals surface area contributed by atoms with Crippen LogP contribution in [0.2, 0.25) is 0 Å². The van der Waals surface area contributed by atoms with Crippen LogP contribution in [0, 0.1) is 0 Å². The van der Waals surface area contributed by atoms with Crippen LogP contribution in [-0.2, 0) is 15.9 Å². The summed E-state index contributed by atoms with van der Waals surface area (Å²) in [6.45, 7) is 2.40. The lowest BCUT2D eigenvalue weighted by Gasteiger charge is -2.28. The molecule has 98 valence electrons. The molecule has 1 aromatic rings. The van der Waals surface area contributed by atoms with Gasteiger partial charge in [0.2, 0.25) is 0 Å². The summed E-state index contributed by atoms with van der Waals surface area (Å²) in [6, 6.07) is 5.88. The van der Waals surface area contributed by atoms with E-state index >= 15 is 0 Å². The maximum Gasteiger partial charge on any atom is 0.122 e. The minimum atomic E-state index is -0.627. The van der Waals surface area contributed by atoms with Crippen LogP contribution in [0.4, 0.5) is 0 Å². The maximum atomic E-state index is 10.3. The second-order valence-corrected chi connectivity index (χ2v) is 4.75. The highest BCUT2D eigenvalue weighted by molar-refractivity contribution is 5.39. The SMILES string of the molecule is OC(c1ccc2c(c1)CCCO2)C1COCCO1. The topological polar surface area (TPSA) is 47.9 Å². The lowest BCUT2D eigenvalue weighted by atomic mass is 9.98. The van der Waals surface area contributed by atoms with Gasteiger partial charge in [-0.15, -0.1) is 0 Å². The first kappa shape index (κ1) is 12.0. The number of benzene rings is 1. The van der Waals surface area contributed by atoms with Crippen molar-refractivity contribution in [2.45, 2.75) is 25.0 Å². The fourth-order valence-electron chi connectivity index (χ4n) is 2.47. The van der Waals surface area contributed by atoms with Gasteiger partial charge in [-0.2, -0.15) is 0 Å². The fraction of sp³-hybridized carbons (Fsp3) is 0.571. The predicted octanol–water partition coefficient (Wildman–Crippen LogP) is 1.46. The van der Waals surface area contributed by atoms with Gasteiger partial charge in [-0.25, -0.2) is 0 Å². The molecule has 0 aromatic heterocycles. The van der Waals surface area contributed by atoms with Crippen molar-refractivity contribution in [1.82, 2.24) is 0 Å². The summed E-state index contributed by atoms with van der Waals surface area (Å²) in [6.07, 6.45) is 1.16. The Morgan fingerprint density at radius 1 is 1.22 bits per heavy atom. The first-order valence-electron chi connectivity index (χ1n) is 6.47. The zero-order chi connectivity index (χ0) is 12.4. The molecule has 0 bridgehead atoms. The minimum Gasteiger partial charge on any atom is -0.493 e. The Morgan fingerprint density at radius 2 is 2.17 bits per heavy atom. The Balaban J connectivity index is 1.78. The van der Waals surface area contributed by atoms with Crippen LogP contribution in [-0.4, -0.2) is 37.6 Å². The highest BCUT2D eigenvalue weighted by atomic mass is 16.6. The van der Waals surface area contributed by atoms with E-state index in [-0.39, 0.29) is 6.10 Å². The standard InChI is InChI=1S/C14H18O4/c15-14(13-9-16-6-7-18-13)11-3-4-12-10(8-11)2-1-5-17-12/h3-4,8,13-15H,1-2,5-7,9H2. The molecule has 0 radical (unpaired) electrons. The smallest absolute Gasteiger partial charge is 0.122 e. The van der Waals surface area contributed by atoms with Gasteiger partial charge in [-0.3, -0.25) is 0 Å². The van der Waals surface area contributed by atoms with Crippen molar-refractivity contribution in [2.75, 3.05) is 26.4 Å². The second-order valence-electron chi connectivity index (χ2n) is 4.75. The van der Waals surface area contributed by atoms with Gasteiger partial charge in [0.15, 0.2) is 0 Å². The Morgan fingerprint density at radius 3 is 3.00 bits per heavy atom. The Labute approximate surface area is 106 Å². The van der Waals surface area contributed by atoms with Gasteiger partial charge < -0.3 is 19.3 Å². The number of hydrogen-bond acceptors (Lipinski definition) is 4. The molecule has 1 saturated heterocycles. The van der Waals surface area contributed by atoms with Crippen LogP contribution in [0.15, 0.2) is 18.2 Å². The first-order valence-corrected chi connectivity index (χ1v) is 6.47. The first-order chi connectivity index (χ1) is 8.84. The van der Waals surface area contributed by atoms with Crippen molar-refractivity contribution in [3.8, 4) is 5.75 Å². The predicted molar refractivity (Wildman–Crippen MR) is 65.8 cm³/mol. The molecule has 0 saturated carbocycles. The van der Waals surface area contributed by atoms with Crippen LogP contribution in [0.1, 0.15) is 23.7 Å². The summed E-state index contributed by atoms with van der Waals surface area (Å²) >= 11 is 0. The molecule has 18 heavy (non-hydrogen) atoms. The largest absolute Gasteiger partial charge is 0.493 e. The summed E-state index contributed by atoms with van der Waals surface area (Å²) in [5.41, 5.74) is 2.06. The molecule has 4 heteroatoms. The summed E-state index contributed by atoms with van der Waals surface area (Å²) in [7, 11) is 0. The number of aryl methyl sites for hydroxylation is 1. The van der Waals surface area contributed by atoms with E-state index in [0.29, 0.717) is 19.8 Å². The van der Waals surface area contributed by atoms with Crippen LogP contribution in [0.5, 0.6) is 5.75 Å². The number of fused-ring (bicyclic) bond motifs is 1. The van der Waals surface area contributed by atoms with E-state index in [1.165, 1.54) is 5.56 Å². The molecule has 2 atom stereocenters. The van der Waals surface area contributed by atoms with E-state index < -0.39 is 6.10 Å². The van der Waals surface area contributed by atoms with E-state index in [0.717, 1.165) is 30.8 Å². The number of hydrogen-bond donors (Lipinski definition) is 1. The van der Waals surface area contributed by atoms with Crippen LogP contribution in [0.25, 0.3) is 0 Å². The maximum absolute atomic E-state index is 10.3. The minimum absolute atomic E-state index is 0.263. The lowest BCUT2D eigenvalue weighted by Crippen LogP contribution is -2.33. The molecule has 0 amide bonds. The average Bonchev–Trinajstić information content (AvgIpc) is 2.47. The van der Waals surface area contributed by atoms with E-state index in [9.17, 15) is 5.11 Å². The third kappa shape index (κ3) is 2.36. The Hall–Kier alpha value is -1.10. The van der Waals surface area contributed by atoms with E-state index in [2.05, 4.69) is 0 Å². The molecule has 2 aliphatic rings. The van der Waals surface area contributed by atoms with Crippen molar-refractivity contribution < 1.29 is 19.3 Å². The number of rotatable bonds is 2. The van der Waals surface area contributed by atoms with E-state index in [1.807, 2.05) is 18.2 Å². The number of aliphatic hydroxyl groups excluding tert-OH is 1. The van der Waals surface area contributed by atoms with Crippen LogP contribution >= 0.6 is 0 Å². The molecule has 4 nitrogen and oxygen atoms in total. The molecule has 2 aliphatic heterocycles. The molecule has 3 rings (SSSR count). The van der Waals surface area contributed by atoms with Gasteiger partial charge in [0, 0.05) is 0 Å². The van der Waals surface area contributed by atoms with Gasteiger partial charge in [0.05, 0.1) is 26.4 Å². The van der Waals surface area contributed by atoms with E-state index in [4.69, 9.17) is 14.2 Å². The second kappa shape index (κ2) is 5.26. The lowest BCUT2D eigenvalue weighted by molar-refractivity contribution is -0.133. The number of ether oxygens (including phenoxy) is 3. The molecule has 1 N–H and O–H groups in total. The van der Waals surface area contributed by atoms with Gasteiger partial charge in [0.1, 0.15) is 18.0 Å². The summed E-state index contributed by atoms with van der Waals surface area (Å²) in [5, 5.41) is 10.3. The monoisotopic (exact) mass is 250 g/mol. The van der Waals surface area contributed by atoms with Crippen molar-refractivity contribution >= 4 is 0 Å². The van der Waals surface area contributed by atoms with Gasteiger partial charge >= 0.3 is 0 Å². The fourth-order valence-corrected chi connectivity index (χ4v) is 2.47. The third-order valence-corrected chi connectivity index (χ3v) is 3.47. The van der Waals surface area contributed by atoms with Crippen LogP contribution in [0.3, 0.4) is 0 Å². The zero-order valence-electron chi connectivity index (χ0n) is 10.3. The highest BCUT2D eigenvalue weighted by Gasteiger charge is 2.25. The highest BCUT2D eigenvalue weighted by Crippen LogP contribution is 2.29. The third-order valence-electron chi connectivity index (χ3n) is 3.47. The van der Waals surface area contributed by atoms with Gasteiger partial charge in [-0.05, 0) is 36.1 Å². The van der Waals surface area contributed by atoms with E-state index in [1.54, 1.807) is 0 Å². The molecular formula is C14H18O4. The molecule has 1 fully saturated rings. The summed E-state index contributed by atoms with van der Waals surface area (Å²) in [5.74, 6) is 0.943. The normalized spacial score (nSPS) is 25.1. The average molecular weight is 250 g/mol. The van der Waals surface area contributed by atoms with Gasteiger partial charge in [-0.1, -0.05) is 6.07 Å². The quantitative estimate of drug-likeness (QED) is 0.863. The molecular weight excluding hydrogens is 232 g/mol. The van der Waals surface area contributed by atoms with Crippen LogP contribution < -0.4 is 4.74 Å². The van der Waals surface area contributed by atoms with Crippen molar-refractivity contribution in [1.29, 1.82) is 0 Å². The summed E-state index contributed by atoms with van der Waals surface area (Å²) in [4.78, 5) is 0. The molecule has 1 aromatic carbocycles. The zero-order valence-corrected chi connectivity index (χ0v) is 10.3. The molecule has 2 heterocycles. The molecule has 2 unspecified atom stereocenters. The molecule has 0 spiro atoms. The van der Waals surface area contributed by atoms with Crippen molar-refractivity contribution in [2.24, 2.45) is 0 Å². The molecule has 0 aliphatic carbocycles. The Kier molecular flexibility index (Phi) is 3.50. The van der Waals surface area contributed by atoms with Crippen molar-refractivity contribution in [3.63, 3.8) is 0 Å². The number of aliphatic hydroxyl groups is 1. The summed E-state index contributed by atoms with van der Waals surface area (Å²) < 4.78 is 16.4. The van der Waals surface area contributed by atoms with Crippen molar-refractivity contribution in [3.05, 3.63) is 29.3 Å². The Bertz CT molecular complexity index is 412. The van der Waals surface area contributed by atoms with Gasteiger partial charge in [0.25, 0.3) is 0 Å².